The highest BCUT2D eigenvalue weighted by molar-refractivity contribution is 6.08. The zero-order valence-electron chi connectivity index (χ0n) is 12.9. The molecule has 0 saturated heterocycles. The summed E-state index contributed by atoms with van der Waals surface area (Å²) in [6.07, 6.45) is 3.38. The van der Waals surface area contributed by atoms with E-state index < -0.39 is 0 Å². The highest BCUT2D eigenvalue weighted by Gasteiger charge is 2.14. The summed E-state index contributed by atoms with van der Waals surface area (Å²) in [7, 11) is 0. The van der Waals surface area contributed by atoms with Gasteiger partial charge in [0.15, 0.2) is 18.2 Å². The highest BCUT2D eigenvalue weighted by atomic mass is 19.1. The lowest BCUT2D eigenvalue weighted by Crippen LogP contribution is -2.37. The van der Waals surface area contributed by atoms with E-state index in [2.05, 4.69) is 0 Å². The van der Waals surface area contributed by atoms with Gasteiger partial charge in [-0.3, -0.25) is 9.59 Å². The maximum Gasteiger partial charge on any atom is 0.227 e. The summed E-state index contributed by atoms with van der Waals surface area (Å²) in [5.74, 6) is -0.558. The molecular weight excluding hydrogens is 305 g/mol. The second-order valence-electron chi connectivity index (χ2n) is 5.38. The Kier molecular flexibility index (Phi) is 4.57. The average molecular weight is 320 g/mol. The third-order valence-corrected chi connectivity index (χ3v) is 3.68. The molecule has 0 aliphatic carbocycles. The van der Waals surface area contributed by atoms with E-state index >= 15 is 0 Å². The van der Waals surface area contributed by atoms with Crippen molar-refractivity contribution in [3.05, 3.63) is 102 Å². The SMILES string of the molecule is O=C(C[n+]1ccc(C(=O)c2ccccc2)cc1)c1ccc(F)cc1. The maximum absolute atomic E-state index is 12.9. The van der Waals surface area contributed by atoms with Crippen molar-refractivity contribution in [3.63, 3.8) is 0 Å². The van der Waals surface area contributed by atoms with Crippen LogP contribution in [-0.4, -0.2) is 11.6 Å². The van der Waals surface area contributed by atoms with E-state index in [-0.39, 0.29) is 23.9 Å². The van der Waals surface area contributed by atoms with Crippen molar-refractivity contribution in [1.29, 1.82) is 0 Å². The number of Topliss-reactive ketones (excluding diaryl/α,β-unsaturated/α-hetero) is 1. The number of carbonyl (C=O) groups is 2. The number of halogens is 1. The molecule has 1 aromatic heterocycles. The van der Waals surface area contributed by atoms with E-state index in [4.69, 9.17) is 0 Å². The van der Waals surface area contributed by atoms with Gasteiger partial charge < -0.3 is 0 Å². The van der Waals surface area contributed by atoms with Crippen LogP contribution in [0.1, 0.15) is 26.3 Å². The molecule has 0 radical (unpaired) electrons. The van der Waals surface area contributed by atoms with E-state index in [0.29, 0.717) is 16.7 Å². The molecule has 24 heavy (non-hydrogen) atoms. The topological polar surface area (TPSA) is 38.0 Å². The Balaban J connectivity index is 1.72. The number of pyridine rings is 1. The van der Waals surface area contributed by atoms with Gasteiger partial charge in [-0.1, -0.05) is 30.3 Å². The van der Waals surface area contributed by atoms with E-state index in [1.54, 1.807) is 41.2 Å². The lowest BCUT2D eigenvalue weighted by atomic mass is 10.0. The summed E-state index contributed by atoms with van der Waals surface area (Å²) in [6.45, 7) is 0.130. The first-order valence-corrected chi connectivity index (χ1v) is 7.51. The summed E-state index contributed by atoms with van der Waals surface area (Å²) >= 11 is 0. The predicted octanol–water partition coefficient (Wildman–Crippen LogP) is 3.23. The number of nitrogens with zero attached hydrogens (tertiary/aromatic N) is 1. The van der Waals surface area contributed by atoms with Gasteiger partial charge in [0.1, 0.15) is 5.82 Å². The molecule has 0 unspecified atom stereocenters. The minimum Gasteiger partial charge on any atom is -0.289 e. The zero-order chi connectivity index (χ0) is 16.9. The summed E-state index contributed by atoms with van der Waals surface area (Å²) in [6, 6.07) is 17.9. The van der Waals surface area contributed by atoms with Crippen molar-refractivity contribution in [3.8, 4) is 0 Å². The van der Waals surface area contributed by atoms with Gasteiger partial charge in [-0.2, -0.15) is 4.57 Å². The number of carbonyl (C=O) groups excluding carboxylic acids is 2. The lowest BCUT2D eigenvalue weighted by molar-refractivity contribution is -0.683. The fraction of sp³-hybridized carbons (Fsp3) is 0.0500. The number of hydrogen-bond donors (Lipinski definition) is 0. The van der Waals surface area contributed by atoms with Gasteiger partial charge in [-0.05, 0) is 24.3 Å². The molecule has 0 aliphatic heterocycles. The molecule has 3 aromatic rings. The standard InChI is InChI=1S/C20H15FNO2/c21-18-8-6-15(7-9-18)19(23)14-22-12-10-17(11-13-22)20(24)16-4-2-1-3-5-16/h1-13H,14H2/q+1. The van der Waals surface area contributed by atoms with Crippen LogP contribution in [0.3, 0.4) is 0 Å². The highest BCUT2D eigenvalue weighted by Crippen LogP contribution is 2.08. The lowest BCUT2D eigenvalue weighted by Gasteiger charge is -2.01. The quantitative estimate of drug-likeness (QED) is 0.535. The summed E-state index contributed by atoms with van der Waals surface area (Å²) in [5.41, 5.74) is 1.64. The van der Waals surface area contributed by atoms with Crippen molar-refractivity contribution in [1.82, 2.24) is 0 Å². The van der Waals surface area contributed by atoms with Crippen LogP contribution >= 0.6 is 0 Å². The van der Waals surface area contributed by atoms with Crippen molar-refractivity contribution >= 4 is 11.6 Å². The number of rotatable bonds is 5. The number of aromatic nitrogens is 1. The second-order valence-corrected chi connectivity index (χ2v) is 5.38. The van der Waals surface area contributed by atoms with Crippen LogP contribution in [0, 0.1) is 5.82 Å². The van der Waals surface area contributed by atoms with Gasteiger partial charge in [0.05, 0.1) is 0 Å². The maximum atomic E-state index is 12.9. The molecule has 3 nitrogen and oxygen atoms in total. The van der Waals surface area contributed by atoms with Crippen molar-refractivity contribution in [2.24, 2.45) is 0 Å². The van der Waals surface area contributed by atoms with Gasteiger partial charge in [-0.15, -0.1) is 0 Å². The largest absolute Gasteiger partial charge is 0.289 e. The molecule has 0 saturated carbocycles. The molecule has 118 valence electrons. The third-order valence-electron chi connectivity index (χ3n) is 3.68. The number of ketones is 2. The van der Waals surface area contributed by atoms with E-state index in [1.165, 1.54) is 24.3 Å². The Bertz CT molecular complexity index is 856. The zero-order valence-corrected chi connectivity index (χ0v) is 12.9. The van der Waals surface area contributed by atoms with Crippen LogP contribution in [0.5, 0.6) is 0 Å². The number of benzene rings is 2. The van der Waals surface area contributed by atoms with Crippen LogP contribution in [0.4, 0.5) is 4.39 Å². The van der Waals surface area contributed by atoms with E-state index in [0.717, 1.165) is 0 Å². The van der Waals surface area contributed by atoms with E-state index in [1.807, 2.05) is 18.2 Å². The molecular formula is C20H15FNO2+. The molecule has 2 aromatic carbocycles. The monoisotopic (exact) mass is 320 g/mol. The first-order chi connectivity index (χ1) is 11.6. The van der Waals surface area contributed by atoms with Gasteiger partial charge >= 0.3 is 0 Å². The fourth-order valence-corrected chi connectivity index (χ4v) is 2.36. The molecule has 0 fully saturated rings. The number of hydrogen-bond acceptors (Lipinski definition) is 2. The van der Waals surface area contributed by atoms with Crippen LogP contribution in [-0.2, 0) is 6.54 Å². The smallest absolute Gasteiger partial charge is 0.227 e. The molecule has 0 N–H and O–H groups in total. The van der Waals surface area contributed by atoms with Crippen LogP contribution in [0.25, 0.3) is 0 Å². The molecule has 0 amide bonds. The Morgan fingerprint density at radius 1 is 0.750 bits per heavy atom. The van der Waals surface area contributed by atoms with Gasteiger partial charge in [0, 0.05) is 28.8 Å². The van der Waals surface area contributed by atoms with Gasteiger partial charge in [0.2, 0.25) is 12.3 Å². The van der Waals surface area contributed by atoms with Crippen LogP contribution < -0.4 is 4.57 Å². The van der Waals surface area contributed by atoms with Crippen molar-refractivity contribution in [2.45, 2.75) is 6.54 Å². The normalized spacial score (nSPS) is 10.4. The predicted molar refractivity (Wildman–Crippen MR) is 87.2 cm³/mol. The minimum atomic E-state index is -0.372. The first kappa shape index (κ1) is 15.7. The van der Waals surface area contributed by atoms with E-state index in [9.17, 15) is 14.0 Å². The Labute approximate surface area is 139 Å². The van der Waals surface area contributed by atoms with Crippen LogP contribution in [0.15, 0.2) is 79.1 Å². The molecule has 0 spiro atoms. The third kappa shape index (κ3) is 3.60. The Hall–Kier alpha value is -3.14. The minimum absolute atomic E-state index is 0.0624. The summed E-state index contributed by atoms with van der Waals surface area (Å²) in [4.78, 5) is 24.5. The first-order valence-electron chi connectivity index (χ1n) is 7.51. The van der Waals surface area contributed by atoms with Gasteiger partial charge in [-0.25, -0.2) is 4.39 Å². The molecule has 0 aliphatic rings. The Morgan fingerprint density at radius 2 is 1.33 bits per heavy atom. The second kappa shape index (κ2) is 6.96. The molecule has 4 heteroatoms. The van der Waals surface area contributed by atoms with Crippen LogP contribution in [0.2, 0.25) is 0 Å². The molecule has 1 heterocycles. The summed E-state index contributed by atoms with van der Waals surface area (Å²) in [5, 5.41) is 0. The molecule has 3 rings (SSSR count). The van der Waals surface area contributed by atoms with Crippen molar-refractivity contribution in [2.75, 3.05) is 0 Å². The summed E-state index contributed by atoms with van der Waals surface area (Å²) < 4.78 is 14.6. The molecule has 0 bridgehead atoms. The van der Waals surface area contributed by atoms with Crippen molar-refractivity contribution < 1.29 is 18.5 Å². The molecule has 0 atom stereocenters. The average Bonchev–Trinajstić information content (AvgIpc) is 2.63. The Morgan fingerprint density at radius 3 is 1.96 bits per heavy atom. The fourth-order valence-electron chi connectivity index (χ4n) is 2.36. The van der Waals surface area contributed by atoms with Gasteiger partial charge in [0.25, 0.3) is 0 Å².